The highest BCUT2D eigenvalue weighted by molar-refractivity contribution is 5.73. The summed E-state index contributed by atoms with van der Waals surface area (Å²) in [5.74, 6) is 2.53. The summed E-state index contributed by atoms with van der Waals surface area (Å²) in [4.78, 5) is 13.7. The number of carbonyl (C=O) groups is 1. The molecule has 0 aliphatic carbocycles. The molecule has 0 unspecified atom stereocenters. The van der Waals surface area contributed by atoms with Gasteiger partial charge in [0.25, 0.3) is 0 Å². The standard InChI is InChI=1S/C23H30N2O5/c1-27-19-6-5-15(12-20(19)28-2)11-18-17-14-22(30-4)21(29-3)13-16(17)7-9-25(18)10-8-23(24)26/h5-6,12-14,18H,7-11H2,1-4H3,(H2,24,26)/t18-/m1/s1. The van der Waals surface area contributed by atoms with Crippen molar-refractivity contribution in [3.05, 3.63) is 47.0 Å². The number of hydrogen-bond donors (Lipinski definition) is 1. The van der Waals surface area contributed by atoms with Gasteiger partial charge in [0.2, 0.25) is 5.91 Å². The zero-order valence-corrected chi connectivity index (χ0v) is 18.1. The zero-order chi connectivity index (χ0) is 21.7. The number of hydrogen-bond acceptors (Lipinski definition) is 6. The van der Waals surface area contributed by atoms with E-state index in [0.717, 1.165) is 30.7 Å². The van der Waals surface area contributed by atoms with Crippen LogP contribution in [0.4, 0.5) is 0 Å². The Morgan fingerprint density at radius 2 is 1.60 bits per heavy atom. The second-order valence-corrected chi connectivity index (χ2v) is 7.32. The van der Waals surface area contributed by atoms with E-state index in [2.05, 4.69) is 17.0 Å². The number of amides is 1. The zero-order valence-electron chi connectivity index (χ0n) is 18.1. The number of rotatable bonds is 9. The molecule has 1 atom stereocenters. The van der Waals surface area contributed by atoms with Crippen molar-refractivity contribution in [2.75, 3.05) is 41.5 Å². The van der Waals surface area contributed by atoms with Gasteiger partial charge in [-0.1, -0.05) is 6.07 Å². The molecule has 1 aliphatic rings. The number of benzene rings is 2. The Kier molecular flexibility index (Phi) is 7.05. The fraction of sp³-hybridized carbons (Fsp3) is 0.435. The second kappa shape index (κ2) is 9.71. The number of fused-ring (bicyclic) bond motifs is 1. The molecule has 0 aromatic heterocycles. The minimum atomic E-state index is -0.294. The van der Waals surface area contributed by atoms with Crippen LogP contribution >= 0.6 is 0 Å². The first-order valence-electron chi connectivity index (χ1n) is 9.98. The minimum absolute atomic E-state index is 0.0750. The first kappa shape index (κ1) is 21.8. The number of methoxy groups -OCH3 is 4. The molecule has 0 radical (unpaired) electrons. The highest BCUT2D eigenvalue weighted by Gasteiger charge is 2.29. The second-order valence-electron chi connectivity index (χ2n) is 7.32. The average molecular weight is 415 g/mol. The Bertz CT molecular complexity index is 899. The topological polar surface area (TPSA) is 83.3 Å². The number of carbonyl (C=O) groups excluding carboxylic acids is 1. The minimum Gasteiger partial charge on any atom is -0.493 e. The molecule has 1 heterocycles. The lowest BCUT2D eigenvalue weighted by Gasteiger charge is -2.38. The van der Waals surface area contributed by atoms with Gasteiger partial charge in [0.1, 0.15) is 0 Å². The molecular formula is C23H30N2O5. The van der Waals surface area contributed by atoms with Gasteiger partial charge < -0.3 is 24.7 Å². The van der Waals surface area contributed by atoms with Crippen LogP contribution in [0.15, 0.2) is 30.3 Å². The lowest BCUT2D eigenvalue weighted by atomic mass is 9.88. The van der Waals surface area contributed by atoms with E-state index in [0.29, 0.717) is 30.2 Å². The molecule has 7 heteroatoms. The third kappa shape index (κ3) is 4.62. The summed E-state index contributed by atoms with van der Waals surface area (Å²) >= 11 is 0. The van der Waals surface area contributed by atoms with E-state index in [1.54, 1.807) is 28.4 Å². The van der Waals surface area contributed by atoms with Gasteiger partial charge in [0.05, 0.1) is 28.4 Å². The molecule has 3 rings (SSSR count). The monoisotopic (exact) mass is 414 g/mol. The van der Waals surface area contributed by atoms with Gasteiger partial charge in [-0.25, -0.2) is 0 Å². The number of nitrogens with two attached hydrogens (primary N) is 1. The molecule has 7 nitrogen and oxygen atoms in total. The summed E-state index contributed by atoms with van der Waals surface area (Å²) in [7, 11) is 6.54. The molecule has 2 N–H and O–H groups in total. The van der Waals surface area contributed by atoms with Crippen LogP contribution in [0.1, 0.15) is 29.2 Å². The molecule has 30 heavy (non-hydrogen) atoms. The van der Waals surface area contributed by atoms with Crippen molar-refractivity contribution in [1.82, 2.24) is 4.90 Å². The number of ether oxygens (including phenoxy) is 4. The van der Waals surface area contributed by atoms with E-state index < -0.39 is 0 Å². The molecule has 0 saturated carbocycles. The maximum absolute atomic E-state index is 11.4. The molecule has 0 spiro atoms. The van der Waals surface area contributed by atoms with Crippen LogP contribution in [0.5, 0.6) is 23.0 Å². The van der Waals surface area contributed by atoms with E-state index >= 15 is 0 Å². The van der Waals surface area contributed by atoms with E-state index in [1.807, 2.05) is 18.2 Å². The van der Waals surface area contributed by atoms with Crippen molar-refractivity contribution < 1.29 is 23.7 Å². The summed E-state index contributed by atoms with van der Waals surface area (Å²) in [5.41, 5.74) is 8.95. The third-order valence-corrected chi connectivity index (χ3v) is 5.64. The normalized spacial score (nSPS) is 15.9. The molecule has 0 saturated heterocycles. The van der Waals surface area contributed by atoms with Crippen molar-refractivity contribution in [2.24, 2.45) is 5.73 Å². The first-order valence-corrected chi connectivity index (χ1v) is 9.98. The Labute approximate surface area is 177 Å². The van der Waals surface area contributed by atoms with Gasteiger partial charge in [0, 0.05) is 25.6 Å². The largest absolute Gasteiger partial charge is 0.493 e. The SMILES string of the molecule is COc1ccc(C[C@@H]2c3cc(OC)c(OC)cc3CCN2CCC(N)=O)cc1OC. The van der Waals surface area contributed by atoms with Crippen LogP contribution in [-0.2, 0) is 17.6 Å². The van der Waals surface area contributed by atoms with Gasteiger partial charge in [0.15, 0.2) is 23.0 Å². The molecule has 0 fully saturated rings. The molecule has 0 bridgehead atoms. The summed E-state index contributed by atoms with van der Waals surface area (Å²) < 4.78 is 21.9. The van der Waals surface area contributed by atoms with Gasteiger partial charge in [-0.15, -0.1) is 0 Å². The van der Waals surface area contributed by atoms with Crippen LogP contribution in [-0.4, -0.2) is 52.3 Å². The smallest absolute Gasteiger partial charge is 0.218 e. The summed E-state index contributed by atoms with van der Waals surface area (Å²) in [5, 5.41) is 0. The van der Waals surface area contributed by atoms with Gasteiger partial charge in [-0.3, -0.25) is 9.69 Å². The fourth-order valence-electron chi connectivity index (χ4n) is 4.07. The average Bonchev–Trinajstić information content (AvgIpc) is 2.77. The van der Waals surface area contributed by atoms with Gasteiger partial charge >= 0.3 is 0 Å². The Morgan fingerprint density at radius 1 is 0.967 bits per heavy atom. The van der Waals surface area contributed by atoms with Crippen molar-refractivity contribution >= 4 is 5.91 Å². The molecule has 2 aromatic carbocycles. The quantitative estimate of drug-likeness (QED) is 0.679. The molecule has 1 aliphatic heterocycles. The highest BCUT2D eigenvalue weighted by atomic mass is 16.5. The van der Waals surface area contributed by atoms with Crippen LogP contribution in [0.3, 0.4) is 0 Å². The van der Waals surface area contributed by atoms with E-state index in [1.165, 1.54) is 11.1 Å². The molecule has 2 aromatic rings. The Hall–Kier alpha value is -2.93. The van der Waals surface area contributed by atoms with E-state index in [-0.39, 0.29) is 11.9 Å². The van der Waals surface area contributed by atoms with Crippen LogP contribution in [0.2, 0.25) is 0 Å². The predicted octanol–water partition coefficient (Wildman–Crippen LogP) is 2.74. The summed E-state index contributed by atoms with van der Waals surface area (Å²) in [6.45, 7) is 1.45. The lowest BCUT2D eigenvalue weighted by Crippen LogP contribution is -2.38. The summed E-state index contributed by atoms with van der Waals surface area (Å²) in [6.07, 6.45) is 1.95. The summed E-state index contributed by atoms with van der Waals surface area (Å²) in [6, 6.07) is 10.1. The molecular weight excluding hydrogens is 384 g/mol. The number of primary amides is 1. The third-order valence-electron chi connectivity index (χ3n) is 5.64. The lowest BCUT2D eigenvalue weighted by molar-refractivity contribution is -0.118. The van der Waals surface area contributed by atoms with Crippen LogP contribution < -0.4 is 24.7 Å². The van der Waals surface area contributed by atoms with E-state index in [4.69, 9.17) is 24.7 Å². The fourth-order valence-corrected chi connectivity index (χ4v) is 4.07. The number of nitrogens with zero attached hydrogens (tertiary/aromatic N) is 1. The van der Waals surface area contributed by atoms with Gasteiger partial charge in [-0.2, -0.15) is 0 Å². The van der Waals surface area contributed by atoms with Crippen LogP contribution in [0, 0.1) is 0 Å². The van der Waals surface area contributed by atoms with E-state index in [9.17, 15) is 4.79 Å². The van der Waals surface area contributed by atoms with Crippen molar-refractivity contribution in [2.45, 2.75) is 25.3 Å². The maximum Gasteiger partial charge on any atom is 0.218 e. The van der Waals surface area contributed by atoms with Gasteiger partial charge in [-0.05, 0) is 53.8 Å². The van der Waals surface area contributed by atoms with Crippen LogP contribution in [0.25, 0.3) is 0 Å². The molecule has 162 valence electrons. The first-order chi connectivity index (χ1) is 14.5. The molecule has 1 amide bonds. The van der Waals surface area contributed by atoms with Crippen molar-refractivity contribution in [1.29, 1.82) is 0 Å². The predicted molar refractivity (Wildman–Crippen MR) is 115 cm³/mol. The maximum atomic E-state index is 11.4. The highest BCUT2D eigenvalue weighted by Crippen LogP contribution is 2.40. The Morgan fingerprint density at radius 3 is 2.23 bits per heavy atom. The van der Waals surface area contributed by atoms with Crippen molar-refractivity contribution in [3.8, 4) is 23.0 Å². The van der Waals surface area contributed by atoms with Crippen molar-refractivity contribution in [3.63, 3.8) is 0 Å². The Balaban J connectivity index is 1.99.